The number of carbonyl (C=O) groups excluding carboxylic acids is 1. The van der Waals surface area contributed by atoms with Crippen LogP contribution in [0.4, 0.5) is 0 Å². The topological polar surface area (TPSA) is 44.8 Å². The third kappa shape index (κ3) is 2.16. The molecule has 0 fully saturated rings. The third-order valence-electron chi connectivity index (χ3n) is 1.68. The Hall–Kier alpha value is -1.71. The van der Waals surface area contributed by atoms with E-state index in [9.17, 15) is 4.79 Å². The van der Waals surface area contributed by atoms with Crippen molar-refractivity contribution in [2.24, 2.45) is 0 Å². The molecule has 0 saturated heterocycles. The molecule has 0 aliphatic carbocycles. The highest BCUT2D eigenvalue weighted by molar-refractivity contribution is 5.90. The molecule has 0 spiro atoms. The van der Waals surface area contributed by atoms with Gasteiger partial charge in [0.1, 0.15) is 11.5 Å². The number of carbonyl (C=O) groups is 1. The molecule has 0 bridgehead atoms. The monoisotopic (exact) mass is 199 g/mol. The highest BCUT2D eigenvalue weighted by Gasteiger charge is 2.09. The van der Waals surface area contributed by atoms with Crippen molar-refractivity contribution >= 4 is 5.97 Å². The van der Waals surface area contributed by atoms with Crippen LogP contribution >= 0.6 is 0 Å². The quantitative estimate of drug-likeness (QED) is 0.692. The summed E-state index contributed by atoms with van der Waals surface area (Å²) in [5, 5.41) is 0. The molecule has 0 atom stereocenters. The number of methoxy groups -OCH3 is 3. The van der Waals surface area contributed by atoms with Crippen LogP contribution in [0.3, 0.4) is 0 Å². The molecule has 0 N–H and O–H groups in total. The van der Waals surface area contributed by atoms with Crippen LogP contribution in [0.1, 0.15) is 14.5 Å². The SMILES string of the molecule is [2H]C([2H])([2H])OC(=O)c1cc(OC)cc(OC)c1. The van der Waals surface area contributed by atoms with Crippen molar-refractivity contribution in [3.8, 4) is 11.5 Å². The molecule has 0 aliphatic rings. The van der Waals surface area contributed by atoms with Gasteiger partial charge in [-0.2, -0.15) is 0 Å². The maximum atomic E-state index is 11.5. The van der Waals surface area contributed by atoms with Crippen molar-refractivity contribution in [1.29, 1.82) is 0 Å². The Bertz CT molecular complexity index is 392. The second-order valence-electron chi connectivity index (χ2n) is 2.49. The molecule has 0 unspecified atom stereocenters. The molecular weight excluding hydrogens is 184 g/mol. The molecule has 0 amide bonds. The van der Waals surface area contributed by atoms with Crippen LogP contribution in [0.5, 0.6) is 11.5 Å². The van der Waals surface area contributed by atoms with Gasteiger partial charge in [0.15, 0.2) is 0 Å². The molecule has 1 rings (SSSR count). The maximum absolute atomic E-state index is 11.5. The minimum atomic E-state index is -2.77. The maximum Gasteiger partial charge on any atom is 0.338 e. The van der Waals surface area contributed by atoms with Gasteiger partial charge in [-0.25, -0.2) is 4.79 Å². The molecule has 0 aromatic heterocycles. The fraction of sp³-hybridized carbons (Fsp3) is 0.300. The van der Waals surface area contributed by atoms with Crippen LogP contribution in [0, 0.1) is 0 Å². The molecule has 0 heterocycles. The van der Waals surface area contributed by atoms with Crippen molar-refractivity contribution in [2.75, 3.05) is 21.3 Å². The molecule has 14 heavy (non-hydrogen) atoms. The first-order chi connectivity index (χ1) is 7.85. The average molecular weight is 199 g/mol. The van der Waals surface area contributed by atoms with Gasteiger partial charge in [0.2, 0.25) is 0 Å². The standard InChI is InChI=1S/C10H12O4/c1-12-8-4-7(10(11)14-3)5-9(6-8)13-2/h4-6H,1-3H3/i3D3. The number of rotatable bonds is 3. The average Bonchev–Trinajstić information content (AvgIpc) is 2.26. The Morgan fingerprint density at radius 2 is 1.79 bits per heavy atom. The van der Waals surface area contributed by atoms with E-state index < -0.39 is 13.0 Å². The molecule has 76 valence electrons. The zero-order valence-electron chi connectivity index (χ0n) is 10.9. The Balaban J connectivity index is 3.00. The summed E-state index contributed by atoms with van der Waals surface area (Å²) in [6.45, 7) is 0. The second kappa shape index (κ2) is 4.50. The van der Waals surface area contributed by atoms with Crippen LogP contribution in [0.15, 0.2) is 18.2 Å². The second-order valence-corrected chi connectivity index (χ2v) is 2.49. The number of hydrogen-bond donors (Lipinski definition) is 0. The Morgan fingerprint density at radius 1 is 1.21 bits per heavy atom. The zero-order chi connectivity index (χ0) is 13.1. The largest absolute Gasteiger partial charge is 0.497 e. The molecule has 0 radical (unpaired) electrons. The van der Waals surface area contributed by atoms with Gasteiger partial charge in [0.05, 0.1) is 30.9 Å². The van der Waals surface area contributed by atoms with Crippen molar-refractivity contribution in [2.45, 2.75) is 0 Å². The highest BCUT2D eigenvalue weighted by Crippen LogP contribution is 2.22. The fourth-order valence-electron chi connectivity index (χ4n) is 0.984. The summed E-state index contributed by atoms with van der Waals surface area (Å²) in [5.41, 5.74) is 0.0531. The van der Waals surface area contributed by atoms with Gasteiger partial charge >= 0.3 is 5.97 Å². The summed E-state index contributed by atoms with van der Waals surface area (Å²) in [6.07, 6.45) is 0. The van der Waals surface area contributed by atoms with Gasteiger partial charge in [0, 0.05) is 6.07 Å². The van der Waals surface area contributed by atoms with E-state index >= 15 is 0 Å². The highest BCUT2D eigenvalue weighted by atomic mass is 16.5. The van der Waals surface area contributed by atoms with E-state index in [0.717, 1.165) is 0 Å². The summed E-state index contributed by atoms with van der Waals surface area (Å²) in [4.78, 5) is 11.5. The van der Waals surface area contributed by atoms with E-state index in [-0.39, 0.29) is 5.56 Å². The Kier molecular flexibility index (Phi) is 2.16. The normalized spacial score (nSPS) is 13.4. The molecule has 4 nitrogen and oxygen atoms in total. The summed E-state index contributed by atoms with van der Waals surface area (Å²) >= 11 is 0. The number of ether oxygens (including phenoxy) is 3. The number of benzene rings is 1. The van der Waals surface area contributed by atoms with Gasteiger partial charge in [-0.15, -0.1) is 0 Å². The summed E-state index contributed by atoms with van der Waals surface area (Å²) in [5.74, 6) is -0.203. The molecular formula is C10H12O4. The van der Waals surface area contributed by atoms with Crippen molar-refractivity contribution in [1.82, 2.24) is 0 Å². The Morgan fingerprint density at radius 3 is 2.21 bits per heavy atom. The molecule has 0 aliphatic heterocycles. The minimum absolute atomic E-state index is 0.0531. The first-order valence-corrected chi connectivity index (χ1v) is 3.82. The number of esters is 1. The van der Waals surface area contributed by atoms with E-state index in [1.54, 1.807) is 6.07 Å². The van der Waals surface area contributed by atoms with Gasteiger partial charge in [-0.1, -0.05) is 0 Å². The fourth-order valence-corrected chi connectivity index (χ4v) is 0.984. The predicted octanol–water partition coefficient (Wildman–Crippen LogP) is 1.49. The van der Waals surface area contributed by atoms with Crippen molar-refractivity contribution < 1.29 is 23.1 Å². The van der Waals surface area contributed by atoms with E-state index in [0.29, 0.717) is 11.5 Å². The van der Waals surface area contributed by atoms with Crippen molar-refractivity contribution in [3.63, 3.8) is 0 Å². The summed E-state index contributed by atoms with van der Waals surface area (Å²) in [6, 6.07) is 4.30. The van der Waals surface area contributed by atoms with Crippen LogP contribution in [0.2, 0.25) is 0 Å². The molecule has 4 heteroatoms. The lowest BCUT2D eigenvalue weighted by Crippen LogP contribution is -2.02. The Labute approximate surface area is 86.6 Å². The van der Waals surface area contributed by atoms with Gasteiger partial charge in [0.25, 0.3) is 0 Å². The van der Waals surface area contributed by atoms with E-state index in [1.807, 2.05) is 0 Å². The molecule has 0 saturated carbocycles. The van der Waals surface area contributed by atoms with Gasteiger partial charge in [-0.05, 0) is 12.1 Å². The van der Waals surface area contributed by atoms with E-state index in [4.69, 9.17) is 13.6 Å². The third-order valence-corrected chi connectivity index (χ3v) is 1.68. The number of hydrogen-bond acceptors (Lipinski definition) is 4. The van der Waals surface area contributed by atoms with Crippen LogP contribution in [0.25, 0.3) is 0 Å². The van der Waals surface area contributed by atoms with Crippen LogP contribution in [-0.4, -0.2) is 27.2 Å². The van der Waals surface area contributed by atoms with Crippen LogP contribution in [-0.2, 0) is 4.74 Å². The lowest BCUT2D eigenvalue weighted by Gasteiger charge is -2.06. The van der Waals surface area contributed by atoms with Gasteiger partial charge < -0.3 is 14.2 Å². The lowest BCUT2D eigenvalue weighted by atomic mass is 10.2. The smallest absolute Gasteiger partial charge is 0.338 e. The lowest BCUT2D eigenvalue weighted by molar-refractivity contribution is 0.0600. The van der Waals surface area contributed by atoms with Gasteiger partial charge in [-0.3, -0.25) is 0 Å². The first-order valence-electron chi connectivity index (χ1n) is 5.32. The van der Waals surface area contributed by atoms with Crippen LogP contribution < -0.4 is 9.47 Å². The molecule has 1 aromatic rings. The predicted molar refractivity (Wildman–Crippen MR) is 50.9 cm³/mol. The van der Waals surface area contributed by atoms with E-state index in [1.165, 1.54) is 26.4 Å². The summed E-state index contributed by atoms with van der Waals surface area (Å²) in [7, 11) is 0.0781. The molecule has 1 aromatic carbocycles. The van der Waals surface area contributed by atoms with E-state index in [2.05, 4.69) is 4.74 Å². The minimum Gasteiger partial charge on any atom is -0.497 e. The first kappa shape index (κ1) is 6.70. The summed E-state index contributed by atoms with van der Waals surface area (Å²) < 4.78 is 34.7. The zero-order valence-corrected chi connectivity index (χ0v) is 7.87. The van der Waals surface area contributed by atoms with Crippen molar-refractivity contribution in [3.05, 3.63) is 23.8 Å².